The summed E-state index contributed by atoms with van der Waals surface area (Å²) in [6, 6.07) is -36.7. The van der Waals surface area contributed by atoms with E-state index in [9.17, 15) is 16.4 Å². The van der Waals surface area contributed by atoms with Crippen LogP contribution in [0.15, 0.2) is 192 Å². The topological polar surface area (TPSA) is 16.4 Å². The molecule has 1 heterocycles. The lowest BCUT2D eigenvalue weighted by Gasteiger charge is -2.29. The van der Waals surface area contributed by atoms with Gasteiger partial charge in [0.1, 0.15) is 11.2 Å². The Morgan fingerprint density at radius 3 is 1.74 bits per heavy atom. The van der Waals surface area contributed by atoms with Gasteiger partial charge < -0.3 is 9.32 Å². The van der Waals surface area contributed by atoms with Crippen LogP contribution < -0.4 is 4.90 Å². The molecule has 2 nitrogen and oxygen atoms in total. The van der Waals surface area contributed by atoms with Gasteiger partial charge in [0.25, 0.3) is 0 Å². The number of nitrogens with zero attached hydrogens (tertiary/aromatic N) is 1. The average Bonchev–Trinajstić information content (AvgIpc) is 1.47. The van der Waals surface area contributed by atoms with Crippen LogP contribution in [0.5, 0.6) is 0 Å². The molecule has 8 aromatic carbocycles. The third kappa shape index (κ3) is 5.10. The highest BCUT2D eigenvalue weighted by molar-refractivity contribution is 6.17. The van der Waals surface area contributed by atoms with E-state index in [-0.39, 0.29) is 4.90 Å². The van der Waals surface area contributed by atoms with E-state index in [2.05, 4.69) is 0 Å². The second-order valence-corrected chi connectivity index (χ2v) is 11.3. The first-order valence-corrected chi connectivity index (χ1v) is 15.3. The van der Waals surface area contributed by atoms with Crippen LogP contribution in [-0.2, 0) is 5.41 Å². The minimum Gasteiger partial charge on any atom is -0.455 e. The minimum absolute atomic E-state index is 0.191. The Kier molecular flexibility index (Phi) is 2.58. The first-order chi connectivity index (χ1) is 41.5. The molecule has 0 unspecified atom stereocenters. The third-order valence-corrected chi connectivity index (χ3v) is 8.25. The lowest BCUT2D eigenvalue weighted by atomic mass is 9.82. The maximum Gasteiger partial charge on any atom is 0.145 e. The number of rotatable bonds is 6. The van der Waals surface area contributed by atoms with Crippen molar-refractivity contribution in [3.05, 3.63) is 198 Å². The van der Waals surface area contributed by atoms with Gasteiger partial charge in [-0.2, -0.15) is 0 Å². The zero-order valence-electron chi connectivity index (χ0n) is 63.4. The quantitative estimate of drug-likeness (QED) is 0.170. The Morgan fingerprint density at radius 1 is 0.472 bits per heavy atom. The highest BCUT2D eigenvalue weighted by atomic mass is 16.3. The molecule has 10 rings (SSSR count). The predicted molar refractivity (Wildman–Crippen MR) is 222 cm³/mol. The largest absolute Gasteiger partial charge is 0.455 e. The van der Waals surface area contributed by atoms with Gasteiger partial charge in [-0.15, -0.1) is 0 Å². The zero-order chi connectivity index (χ0) is 67.5. The van der Waals surface area contributed by atoms with Gasteiger partial charge in [-0.05, 0) is 92.4 Å². The van der Waals surface area contributed by atoms with E-state index in [4.69, 9.17) is 38.7 Å². The monoisotopic (exact) mass is 717 g/mol. The van der Waals surface area contributed by atoms with Crippen LogP contribution >= 0.6 is 0 Å². The summed E-state index contributed by atoms with van der Waals surface area (Å²) < 4.78 is 341. The Bertz CT molecular complexity index is 4690. The maximum absolute atomic E-state index is 10.2. The van der Waals surface area contributed by atoms with Crippen LogP contribution in [0.25, 0.3) is 66.4 Å². The standard InChI is InChI=1S/C51H37NO/c1-51(2)45-19-11-9-17-42(45)43-30-29-40(33-46(43)51)52(39-27-25-37(26-28-39)36-23-21-35(22-24-36)34-13-5-3-6-14-34)47-32-31-41(38-15-7-4-8-16-38)50-49(47)44-18-10-12-20-48(44)53-50/h3-33H,1-2H3/i1D3,2D3,3D,4D,5D,6D,7D,8D,9D,10D,11D,12D,13D,14D,15D,16D,17D,18D,19D,20D,21D,22D,23D,24D,25D,26D,27D,28D,29D,30D,31D,32D,33D. The van der Waals surface area contributed by atoms with Crippen molar-refractivity contribution in [3.63, 3.8) is 0 Å². The molecular formula is C51H37NO. The molecule has 0 amide bonds. The summed E-state index contributed by atoms with van der Waals surface area (Å²) in [5, 5.41) is -1.84. The first-order valence-electron chi connectivity index (χ1n) is 33.8. The predicted octanol–water partition coefficient (Wildman–Crippen LogP) is 14.4. The van der Waals surface area contributed by atoms with E-state index in [0.29, 0.717) is 0 Å². The van der Waals surface area contributed by atoms with E-state index in [1.807, 2.05) is 0 Å². The summed E-state index contributed by atoms with van der Waals surface area (Å²) in [7, 11) is 0. The van der Waals surface area contributed by atoms with Crippen LogP contribution in [0.2, 0.25) is 0 Å². The Morgan fingerprint density at radius 2 is 1.02 bits per heavy atom. The Hall–Kier alpha value is -6.64. The van der Waals surface area contributed by atoms with Crippen molar-refractivity contribution in [3.8, 4) is 44.5 Å². The van der Waals surface area contributed by atoms with Crippen LogP contribution in [0.3, 0.4) is 0 Å². The van der Waals surface area contributed by atoms with Gasteiger partial charge in [-0.1, -0.05) is 159 Å². The number of hydrogen-bond acceptors (Lipinski definition) is 2. The minimum atomic E-state index is -4.10. The van der Waals surface area contributed by atoms with E-state index in [1.54, 1.807) is 0 Å². The molecule has 9 aromatic rings. The Labute approximate surface area is 362 Å². The molecule has 0 fully saturated rings. The molecule has 0 N–H and O–H groups in total. The fourth-order valence-electron chi connectivity index (χ4n) is 5.88. The average molecular weight is 717 g/mol. The summed E-state index contributed by atoms with van der Waals surface area (Å²) in [6.07, 6.45) is 0. The number of fused-ring (bicyclic) bond motifs is 6. The van der Waals surface area contributed by atoms with Crippen molar-refractivity contribution >= 4 is 39.0 Å². The lowest BCUT2D eigenvalue weighted by molar-refractivity contribution is 0.660. The molecular weight excluding hydrogens is 643 g/mol. The van der Waals surface area contributed by atoms with Crippen molar-refractivity contribution < 1.29 is 55.1 Å². The van der Waals surface area contributed by atoms with E-state index < -0.39 is 301 Å². The molecule has 0 aliphatic heterocycles. The van der Waals surface area contributed by atoms with Crippen LogP contribution in [0, 0.1) is 0 Å². The number of hydrogen-bond donors (Lipinski definition) is 0. The molecule has 0 radical (unpaired) electrons. The summed E-state index contributed by atoms with van der Waals surface area (Å²) in [6.45, 7) is -8.19. The second kappa shape index (κ2) is 12.3. The molecule has 53 heavy (non-hydrogen) atoms. The van der Waals surface area contributed by atoms with E-state index in [1.165, 1.54) is 0 Å². The van der Waals surface area contributed by atoms with Gasteiger partial charge >= 0.3 is 0 Å². The molecule has 0 bridgehead atoms. The van der Waals surface area contributed by atoms with Gasteiger partial charge in [-0.25, -0.2) is 0 Å². The molecule has 1 aliphatic rings. The van der Waals surface area contributed by atoms with Gasteiger partial charge in [0.2, 0.25) is 0 Å². The van der Waals surface area contributed by atoms with Crippen molar-refractivity contribution in [2.45, 2.75) is 19.1 Å². The smallest absolute Gasteiger partial charge is 0.145 e. The molecule has 1 aliphatic carbocycles. The molecule has 1 aromatic heterocycles. The highest BCUT2D eigenvalue weighted by Crippen LogP contribution is 2.52. The molecule has 0 saturated heterocycles. The van der Waals surface area contributed by atoms with Crippen LogP contribution in [-0.4, -0.2) is 0 Å². The number of para-hydroxylation sites is 1. The summed E-state index contributed by atoms with van der Waals surface area (Å²) >= 11 is 0. The number of furan rings is 1. The number of benzene rings is 8. The molecule has 0 spiro atoms. The fourth-order valence-corrected chi connectivity index (χ4v) is 5.88. The van der Waals surface area contributed by atoms with Crippen molar-refractivity contribution in [2.75, 3.05) is 4.90 Å². The lowest BCUT2D eigenvalue weighted by Crippen LogP contribution is -2.16. The highest BCUT2D eigenvalue weighted by Gasteiger charge is 2.36. The maximum atomic E-state index is 10.2. The van der Waals surface area contributed by atoms with Gasteiger partial charge in [0, 0.05) is 36.0 Å². The van der Waals surface area contributed by atoms with Gasteiger partial charge in [0.15, 0.2) is 0 Å². The van der Waals surface area contributed by atoms with Crippen LogP contribution in [0.4, 0.5) is 17.1 Å². The Balaban J connectivity index is 1.48. The third-order valence-electron chi connectivity index (χ3n) is 8.25. The van der Waals surface area contributed by atoms with Crippen molar-refractivity contribution in [2.24, 2.45) is 0 Å². The molecule has 0 saturated carbocycles. The van der Waals surface area contributed by atoms with Gasteiger partial charge in [-0.3, -0.25) is 0 Å². The molecule has 2 heteroatoms. The van der Waals surface area contributed by atoms with Crippen LogP contribution in [0.1, 0.15) is 75.5 Å². The summed E-state index contributed by atoms with van der Waals surface area (Å²) in [5.74, 6) is 0. The van der Waals surface area contributed by atoms with E-state index >= 15 is 0 Å². The zero-order valence-corrected chi connectivity index (χ0v) is 26.4. The summed E-state index contributed by atoms with van der Waals surface area (Å²) in [4.78, 5) is 0.191. The normalized spacial score (nSPS) is 23.2. The summed E-state index contributed by atoms with van der Waals surface area (Å²) in [5.41, 5.74) is -20.3. The first kappa shape index (κ1) is 11.2. The van der Waals surface area contributed by atoms with Crippen molar-refractivity contribution in [1.82, 2.24) is 0 Å². The SMILES string of the molecule is [2H]c1c([2H])c([2H])c(-c2c([2H])c([2H])c(-c3c([2H])c([2H])c(N(c4c([2H])c([2H])c5c(c4[2H])C(C([2H])([2H])[2H])(C([2H])([2H])[2H])c4c([2H])c([2H])c([2H])c([2H])c4-5)c4c([2H])c([2H])c(-c5c([2H])c([2H])c([2H])c([2H])c5[2H])c5oc6c([2H])c([2H])c([2H])c([2H])c6c45)c([2H])c3[2H])c([2H])c2[2H])c([2H])c1[2H]. The molecule has 0 atom stereocenters. The van der Waals surface area contributed by atoms with Crippen molar-refractivity contribution in [1.29, 1.82) is 0 Å². The second-order valence-electron chi connectivity index (χ2n) is 11.3. The van der Waals surface area contributed by atoms with E-state index in [0.717, 1.165) is 0 Å². The fraction of sp³-hybridized carbons (Fsp3) is 0.0588. The molecule has 252 valence electrons. The number of anilines is 3. The van der Waals surface area contributed by atoms with Gasteiger partial charge in [0.05, 0.1) is 53.6 Å².